The summed E-state index contributed by atoms with van der Waals surface area (Å²) in [4.78, 5) is 39.4. The Hall–Kier alpha value is -1.84. The maximum absolute atomic E-state index is 13.7. The fourth-order valence-electron chi connectivity index (χ4n) is 5.12. The standard InChI is InChI=1S/C25H38ClFN2O10S/c1-12(26)17(21-19(31)18(30)20(32)23(39-21)40-3)28-22(33)15-7-6-14(5-4-9-27)8-10-29(15)24(34)36-11-16-13(2)37-25(35)38-16/h12,14-15,17-21,23,30-32H,4-11H2,1-3H3,(H,28,33)/t12-,14-,15-,17?,18-,19+,20+,21+,23+/m0/s1. The number of halogens is 2. The summed E-state index contributed by atoms with van der Waals surface area (Å²) in [5.74, 6) is -1.22. The molecule has 0 bridgehead atoms. The molecule has 1 aromatic rings. The maximum Gasteiger partial charge on any atom is 0.519 e. The lowest BCUT2D eigenvalue weighted by Gasteiger charge is -2.44. The van der Waals surface area contributed by atoms with Crippen LogP contribution in [0.5, 0.6) is 0 Å². The molecular formula is C25H38ClFN2O10S. The molecular weight excluding hydrogens is 575 g/mol. The van der Waals surface area contributed by atoms with E-state index < -0.39 is 71.8 Å². The number of alkyl halides is 2. The van der Waals surface area contributed by atoms with Crippen LogP contribution in [0, 0.1) is 12.8 Å². The minimum absolute atomic E-state index is 0.0403. The smallest absolute Gasteiger partial charge is 0.441 e. The Labute approximate surface area is 240 Å². The topological polar surface area (TPSA) is 172 Å². The number of aliphatic hydroxyl groups is 3. The largest absolute Gasteiger partial charge is 0.519 e. The average Bonchev–Trinajstić information content (AvgIpc) is 3.10. The normalized spacial score (nSPS) is 30.8. The zero-order valence-corrected chi connectivity index (χ0v) is 24.2. The van der Waals surface area contributed by atoms with Crippen LogP contribution >= 0.6 is 23.4 Å². The van der Waals surface area contributed by atoms with E-state index in [2.05, 4.69) is 5.32 Å². The van der Waals surface area contributed by atoms with Crippen molar-refractivity contribution in [2.45, 2.75) is 99.9 Å². The van der Waals surface area contributed by atoms with Crippen LogP contribution < -0.4 is 11.1 Å². The zero-order chi connectivity index (χ0) is 29.6. The summed E-state index contributed by atoms with van der Waals surface area (Å²) in [5, 5.41) is 33.3. The molecule has 2 amide bonds. The second kappa shape index (κ2) is 14.9. The number of nitrogens with zero attached hydrogens (tertiary/aromatic N) is 1. The van der Waals surface area contributed by atoms with Crippen LogP contribution in [0.15, 0.2) is 13.6 Å². The van der Waals surface area contributed by atoms with Crippen LogP contribution in [-0.2, 0) is 20.9 Å². The van der Waals surface area contributed by atoms with Crippen molar-refractivity contribution in [1.82, 2.24) is 10.2 Å². The van der Waals surface area contributed by atoms with Gasteiger partial charge in [0.2, 0.25) is 5.91 Å². The van der Waals surface area contributed by atoms with Gasteiger partial charge in [-0.2, -0.15) is 0 Å². The molecule has 0 aromatic carbocycles. The van der Waals surface area contributed by atoms with Crippen molar-refractivity contribution in [3.8, 4) is 0 Å². The molecule has 0 spiro atoms. The highest BCUT2D eigenvalue weighted by Gasteiger charge is 2.48. The van der Waals surface area contributed by atoms with Crippen molar-refractivity contribution in [1.29, 1.82) is 0 Å². The molecule has 15 heteroatoms. The lowest BCUT2D eigenvalue weighted by Crippen LogP contribution is -2.65. The van der Waals surface area contributed by atoms with E-state index in [1.54, 1.807) is 13.2 Å². The summed E-state index contributed by atoms with van der Waals surface area (Å²) in [6.45, 7) is 2.38. The number of carbonyl (C=O) groups excluding carboxylic acids is 2. The van der Waals surface area contributed by atoms with E-state index in [0.717, 1.165) is 11.8 Å². The minimum Gasteiger partial charge on any atom is -0.441 e. The van der Waals surface area contributed by atoms with Gasteiger partial charge >= 0.3 is 11.9 Å². The third kappa shape index (κ3) is 7.91. The third-order valence-electron chi connectivity index (χ3n) is 7.44. The van der Waals surface area contributed by atoms with E-state index in [1.165, 1.54) is 11.8 Å². The van der Waals surface area contributed by atoms with Crippen molar-refractivity contribution in [2.24, 2.45) is 5.92 Å². The third-order valence-corrected chi connectivity index (χ3v) is 8.57. The molecule has 228 valence electrons. The lowest BCUT2D eigenvalue weighted by atomic mass is 9.92. The van der Waals surface area contributed by atoms with Gasteiger partial charge in [-0.05, 0) is 58.1 Å². The number of aliphatic hydroxyl groups excluding tert-OH is 3. The van der Waals surface area contributed by atoms with Crippen LogP contribution in [-0.4, -0.2) is 99.0 Å². The van der Waals surface area contributed by atoms with E-state index in [-0.39, 0.29) is 37.0 Å². The molecule has 2 aliphatic rings. The second-order valence-electron chi connectivity index (χ2n) is 10.1. The molecule has 1 unspecified atom stereocenters. The number of rotatable bonds is 10. The monoisotopic (exact) mass is 612 g/mol. The molecule has 0 saturated carbocycles. The highest BCUT2D eigenvalue weighted by Crippen LogP contribution is 2.31. The van der Waals surface area contributed by atoms with Crippen LogP contribution in [0.3, 0.4) is 0 Å². The number of hydrogen-bond acceptors (Lipinski definition) is 11. The van der Waals surface area contributed by atoms with Crippen molar-refractivity contribution in [3.63, 3.8) is 0 Å². The van der Waals surface area contributed by atoms with Gasteiger partial charge < -0.3 is 38.9 Å². The Balaban J connectivity index is 1.79. The molecule has 9 atom stereocenters. The Morgan fingerprint density at radius 3 is 2.52 bits per heavy atom. The first kappa shape index (κ1) is 32.7. The van der Waals surface area contributed by atoms with E-state index in [9.17, 15) is 34.1 Å². The van der Waals surface area contributed by atoms with Crippen LogP contribution in [0.4, 0.5) is 9.18 Å². The summed E-state index contributed by atoms with van der Waals surface area (Å²) in [6, 6.07) is -1.99. The van der Waals surface area contributed by atoms with Crippen LogP contribution in [0.25, 0.3) is 0 Å². The number of aryl methyl sites for hydroxylation is 1. The van der Waals surface area contributed by atoms with Gasteiger partial charge in [0, 0.05) is 6.54 Å². The first-order valence-corrected chi connectivity index (χ1v) is 15.0. The van der Waals surface area contributed by atoms with Crippen LogP contribution in [0.1, 0.15) is 50.5 Å². The second-order valence-corrected chi connectivity index (χ2v) is 11.8. The fraction of sp³-hybridized carbons (Fsp3) is 0.800. The predicted molar refractivity (Wildman–Crippen MR) is 143 cm³/mol. The van der Waals surface area contributed by atoms with Crippen molar-refractivity contribution in [3.05, 3.63) is 22.1 Å². The molecule has 0 radical (unpaired) electrons. The molecule has 2 saturated heterocycles. The van der Waals surface area contributed by atoms with Gasteiger partial charge in [0.15, 0.2) is 18.1 Å². The number of nitrogens with one attached hydrogen (secondary N) is 1. The lowest BCUT2D eigenvalue weighted by molar-refractivity contribution is -0.205. The number of thioether (sulfide) groups is 1. The number of amides is 2. The average molecular weight is 613 g/mol. The van der Waals surface area contributed by atoms with Gasteiger partial charge in [-0.25, -0.2) is 9.59 Å². The number of carbonyl (C=O) groups is 2. The first-order valence-electron chi connectivity index (χ1n) is 13.2. The summed E-state index contributed by atoms with van der Waals surface area (Å²) in [6.07, 6.45) is -2.41. The predicted octanol–water partition coefficient (Wildman–Crippen LogP) is 1.68. The summed E-state index contributed by atoms with van der Waals surface area (Å²) in [5.41, 5.74) is -0.870. The van der Waals surface area contributed by atoms with Gasteiger partial charge in [0.05, 0.1) is 18.1 Å². The van der Waals surface area contributed by atoms with E-state index in [4.69, 9.17) is 29.9 Å². The van der Waals surface area contributed by atoms with Gasteiger partial charge in [0.1, 0.15) is 35.9 Å². The number of ether oxygens (including phenoxy) is 2. The highest BCUT2D eigenvalue weighted by atomic mass is 35.5. The molecule has 40 heavy (non-hydrogen) atoms. The number of hydrogen-bond donors (Lipinski definition) is 4. The molecule has 3 rings (SSSR count). The molecule has 0 aliphatic carbocycles. The van der Waals surface area contributed by atoms with Crippen molar-refractivity contribution < 1.29 is 47.6 Å². The van der Waals surface area contributed by atoms with Crippen molar-refractivity contribution in [2.75, 3.05) is 19.5 Å². The maximum atomic E-state index is 13.7. The summed E-state index contributed by atoms with van der Waals surface area (Å²) >= 11 is 7.53. The zero-order valence-electron chi connectivity index (χ0n) is 22.7. The van der Waals surface area contributed by atoms with Gasteiger partial charge in [-0.3, -0.25) is 14.1 Å². The highest BCUT2D eigenvalue weighted by molar-refractivity contribution is 7.99. The Morgan fingerprint density at radius 2 is 1.93 bits per heavy atom. The van der Waals surface area contributed by atoms with E-state index in [0.29, 0.717) is 25.7 Å². The minimum atomic E-state index is -1.54. The van der Waals surface area contributed by atoms with Gasteiger partial charge in [-0.1, -0.05) is 0 Å². The SMILES string of the molecule is CS[C@H]1O[C@H](C(NC(=O)[C@@H]2CC[C@H](CCCF)CCN2C(=O)OCc2oc(=O)oc2C)[C@H](C)Cl)[C@H](O)[C@H](O)[C@H]1O. The quantitative estimate of drug-likeness (QED) is 0.283. The molecule has 4 N–H and O–H groups in total. The number of likely N-dealkylation sites (tertiary alicyclic amines) is 1. The first-order chi connectivity index (χ1) is 19.0. The fourth-order valence-corrected chi connectivity index (χ4v) is 6.00. The van der Waals surface area contributed by atoms with E-state index in [1.807, 2.05) is 0 Å². The van der Waals surface area contributed by atoms with Crippen molar-refractivity contribution >= 4 is 35.4 Å². The van der Waals surface area contributed by atoms with Crippen LogP contribution in [0.2, 0.25) is 0 Å². The Kier molecular flexibility index (Phi) is 12.1. The summed E-state index contributed by atoms with van der Waals surface area (Å²) in [7, 11) is 0. The molecule has 12 nitrogen and oxygen atoms in total. The van der Waals surface area contributed by atoms with E-state index >= 15 is 0 Å². The molecule has 1 aromatic heterocycles. The van der Waals surface area contributed by atoms with Gasteiger partial charge in [-0.15, -0.1) is 23.4 Å². The Bertz CT molecular complexity index is 1040. The molecule has 2 aliphatic heterocycles. The molecule has 3 heterocycles. The molecule has 2 fully saturated rings. The van der Waals surface area contributed by atoms with Gasteiger partial charge in [0.25, 0.3) is 0 Å². The summed E-state index contributed by atoms with van der Waals surface area (Å²) < 4.78 is 33.7. The Morgan fingerprint density at radius 1 is 1.20 bits per heavy atom.